The molecule has 8 heteroatoms. The Labute approximate surface area is 153 Å². The van der Waals surface area contributed by atoms with Crippen LogP contribution in [0.4, 0.5) is 18.9 Å². The predicted octanol–water partition coefficient (Wildman–Crippen LogP) is 4.16. The van der Waals surface area contributed by atoms with E-state index in [1.54, 1.807) is 13.1 Å². The van der Waals surface area contributed by atoms with Gasteiger partial charge in [0.15, 0.2) is 0 Å². The average Bonchev–Trinajstić information content (AvgIpc) is 2.61. The number of alkyl halides is 3. The molecule has 0 aliphatic carbocycles. The van der Waals surface area contributed by atoms with Gasteiger partial charge in [-0.1, -0.05) is 24.3 Å². The molecule has 3 aromatic rings. The molecule has 0 saturated heterocycles. The lowest BCUT2D eigenvalue weighted by Crippen LogP contribution is -2.27. The molecule has 0 unspecified atom stereocenters. The third-order valence-electron chi connectivity index (χ3n) is 4.35. The summed E-state index contributed by atoms with van der Waals surface area (Å²) in [5, 5.41) is 10.2. The molecule has 3 rings (SSSR count). The van der Waals surface area contributed by atoms with Crippen molar-refractivity contribution in [2.45, 2.75) is 38.4 Å². The number of hydrogen-bond acceptors (Lipinski definition) is 4. The molecule has 0 fully saturated rings. The maximum atomic E-state index is 13.1. The third kappa shape index (κ3) is 4.45. The second-order valence-corrected chi connectivity index (χ2v) is 6.40. The Hall–Kier alpha value is -2.90. The van der Waals surface area contributed by atoms with Crippen LogP contribution in [-0.2, 0) is 12.6 Å². The van der Waals surface area contributed by atoms with Gasteiger partial charge in [-0.3, -0.25) is 9.78 Å². The number of pyridine rings is 1. The van der Waals surface area contributed by atoms with Gasteiger partial charge in [0.25, 0.3) is 5.56 Å². The second-order valence-electron chi connectivity index (χ2n) is 6.40. The van der Waals surface area contributed by atoms with Gasteiger partial charge in [-0.15, -0.1) is 0 Å². The van der Waals surface area contributed by atoms with E-state index >= 15 is 0 Å². The quantitative estimate of drug-likeness (QED) is 0.678. The van der Waals surface area contributed by atoms with Crippen molar-refractivity contribution in [1.29, 1.82) is 0 Å². The largest absolute Gasteiger partial charge is 0.423 e. The summed E-state index contributed by atoms with van der Waals surface area (Å²) < 4.78 is 39.3. The summed E-state index contributed by atoms with van der Waals surface area (Å²) in [6.45, 7) is 1.78. The zero-order valence-corrected chi connectivity index (χ0v) is 14.7. The van der Waals surface area contributed by atoms with Crippen molar-refractivity contribution in [1.82, 2.24) is 15.2 Å². The van der Waals surface area contributed by atoms with E-state index in [0.29, 0.717) is 12.8 Å². The fraction of sp³-hybridized carbons (Fsp3) is 0.316. The average molecular weight is 376 g/mol. The molecule has 0 aliphatic heterocycles. The Balaban J connectivity index is 1.65. The molecule has 27 heavy (non-hydrogen) atoms. The number of fused-ring (bicyclic) bond motifs is 1. The van der Waals surface area contributed by atoms with Gasteiger partial charge in [-0.05, 0) is 37.6 Å². The SMILES string of the molecule is C[C@@H](CCCc1nccc2ccccc12)Nc1cn[nH]c(=O)c1C(F)(F)F. The van der Waals surface area contributed by atoms with Crippen molar-refractivity contribution in [3.63, 3.8) is 0 Å². The van der Waals surface area contributed by atoms with E-state index in [-0.39, 0.29) is 11.7 Å². The molecule has 5 nitrogen and oxygen atoms in total. The van der Waals surface area contributed by atoms with Gasteiger partial charge >= 0.3 is 6.18 Å². The van der Waals surface area contributed by atoms with E-state index < -0.39 is 17.3 Å². The van der Waals surface area contributed by atoms with E-state index in [1.165, 1.54) is 0 Å². The molecule has 1 aromatic carbocycles. The first-order valence-electron chi connectivity index (χ1n) is 8.60. The van der Waals surface area contributed by atoms with Crippen molar-refractivity contribution in [2.24, 2.45) is 0 Å². The molecule has 0 radical (unpaired) electrons. The van der Waals surface area contributed by atoms with E-state index in [4.69, 9.17) is 0 Å². The van der Waals surface area contributed by atoms with Crippen LogP contribution in [0.2, 0.25) is 0 Å². The Morgan fingerprint density at radius 3 is 2.78 bits per heavy atom. The van der Waals surface area contributed by atoms with Crippen molar-refractivity contribution >= 4 is 16.5 Å². The number of rotatable bonds is 6. The van der Waals surface area contributed by atoms with Crippen LogP contribution in [0.1, 0.15) is 31.0 Å². The number of anilines is 1. The summed E-state index contributed by atoms with van der Waals surface area (Å²) >= 11 is 0. The van der Waals surface area contributed by atoms with E-state index in [9.17, 15) is 18.0 Å². The topological polar surface area (TPSA) is 70.7 Å². The zero-order valence-electron chi connectivity index (χ0n) is 14.7. The van der Waals surface area contributed by atoms with Crippen LogP contribution in [0.5, 0.6) is 0 Å². The first-order chi connectivity index (χ1) is 12.9. The van der Waals surface area contributed by atoms with Crippen molar-refractivity contribution in [2.75, 3.05) is 5.32 Å². The molecule has 2 N–H and O–H groups in total. The van der Waals surface area contributed by atoms with Crippen LogP contribution >= 0.6 is 0 Å². The van der Waals surface area contributed by atoms with Gasteiger partial charge in [0, 0.05) is 23.3 Å². The molecule has 0 aliphatic rings. The Bertz CT molecular complexity index is 979. The highest BCUT2D eigenvalue weighted by atomic mass is 19.4. The van der Waals surface area contributed by atoms with Gasteiger partial charge < -0.3 is 5.32 Å². The minimum absolute atomic E-state index is 0.260. The van der Waals surface area contributed by atoms with Crippen LogP contribution in [0, 0.1) is 0 Å². The molecule has 142 valence electrons. The van der Waals surface area contributed by atoms with Crippen LogP contribution in [-0.4, -0.2) is 21.2 Å². The van der Waals surface area contributed by atoms with Gasteiger partial charge in [0.2, 0.25) is 0 Å². The summed E-state index contributed by atoms with van der Waals surface area (Å²) in [5.41, 5.74) is -1.84. The van der Waals surface area contributed by atoms with Crippen LogP contribution in [0.3, 0.4) is 0 Å². The highest BCUT2D eigenvalue weighted by Crippen LogP contribution is 2.31. The molecule has 2 heterocycles. The molecular weight excluding hydrogens is 357 g/mol. The first-order valence-corrected chi connectivity index (χ1v) is 8.60. The van der Waals surface area contributed by atoms with Crippen molar-refractivity contribution in [3.05, 3.63) is 64.3 Å². The van der Waals surface area contributed by atoms with E-state index in [2.05, 4.69) is 15.4 Å². The van der Waals surface area contributed by atoms with E-state index in [1.807, 2.05) is 35.4 Å². The fourth-order valence-corrected chi connectivity index (χ4v) is 3.08. The molecule has 0 spiro atoms. The Kier molecular flexibility index (Phi) is 5.43. The summed E-state index contributed by atoms with van der Waals surface area (Å²) in [5.74, 6) is 0. The highest BCUT2D eigenvalue weighted by molar-refractivity contribution is 5.84. The summed E-state index contributed by atoms with van der Waals surface area (Å²) in [6.07, 6.45) is 0.0879. The highest BCUT2D eigenvalue weighted by Gasteiger charge is 2.37. The maximum absolute atomic E-state index is 13.1. The number of aromatic nitrogens is 3. The Morgan fingerprint density at radius 2 is 2.00 bits per heavy atom. The molecule has 0 amide bonds. The lowest BCUT2D eigenvalue weighted by atomic mass is 10.0. The summed E-state index contributed by atoms with van der Waals surface area (Å²) in [7, 11) is 0. The number of aromatic amines is 1. The fourth-order valence-electron chi connectivity index (χ4n) is 3.08. The smallest absolute Gasteiger partial charge is 0.381 e. The predicted molar refractivity (Wildman–Crippen MR) is 97.6 cm³/mol. The summed E-state index contributed by atoms with van der Waals surface area (Å²) in [4.78, 5) is 15.9. The van der Waals surface area contributed by atoms with Crippen molar-refractivity contribution < 1.29 is 13.2 Å². The number of nitrogens with zero attached hydrogens (tertiary/aromatic N) is 2. The number of halogens is 3. The van der Waals surface area contributed by atoms with Crippen LogP contribution < -0.4 is 10.9 Å². The first kappa shape index (κ1) is 18.9. The van der Waals surface area contributed by atoms with Crippen molar-refractivity contribution in [3.8, 4) is 0 Å². The summed E-state index contributed by atoms with van der Waals surface area (Å²) in [6, 6.07) is 9.63. The number of hydrogen-bond donors (Lipinski definition) is 2. The Morgan fingerprint density at radius 1 is 1.22 bits per heavy atom. The maximum Gasteiger partial charge on any atom is 0.423 e. The van der Waals surface area contributed by atoms with Gasteiger partial charge in [0.1, 0.15) is 5.56 Å². The van der Waals surface area contributed by atoms with Gasteiger partial charge in [-0.2, -0.15) is 18.3 Å². The zero-order chi connectivity index (χ0) is 19.4. The third-order valence-corrected chi connectivity index (χ3v) is 4.35. The number of H-pyrrole nitrogens is 1. The number of aryl methyl sites for hydroxylation is 1. The molecular formula is C19H19F3N4O. The monoisotopic (exact) mass is 376 g/mol. The molecule has 0 saturated carbocycles. The normalized spacial score (nSPS) is 12.9. The van der Waals surface area contributed by atoms with Gasteiger partial charge in [-0.25, -0.2) is 5.10 Å². The second kappa shape index (κ2) is 7.77. The minimum atomic E-state index is -4.74. The number of benzene rings is 1. The minimum Gasteiger partial charge on any atom is -0.381 e. The standard InChI is InChI=1S/C19H19F3N4O/c1-12(25-16-11-24-26-18(27)17(16)19(20,21)22)5-4-8-15-14-7-3-2-6-13(14)9-10-23-15/h2-3,6-7,9-12H,4-5,8H2,1H3,(H2,25,26,27)/t12-/m0/s1. The lowest BCUT2D eigenvalue weighted by Gasteiger charge is -2.18. The van der Waals surface area contributed by atoms with E-state index in [0.717, 1.165) is 29.1 Å². The lowest BCUT2D eigenvalue weighted by molar-refractivity contribution is -0.138. The molecule has 1 atom stereocenters. The van der Waals surface area contributed by atoms with Crippen LogP contribution in [0.15, 0.2) is 47.5 Å². The van der Waals surface area contributed by atoms with Crippen LogP contribution in [0.25, 0.3) is 10.8 Å². The molecule has 0 bridgehead atoms. The number of nitrogens with one attached hydrogen (secondary N) is 2. The van der Waals surface area contributed by atoms with Gasteiger partial charge in [0.05, 0.1) is 11.9 Å². The molecule has 2 aromatic heterocycles.